The number of allylic oxidation sites excluding steroid dienone is 1. The molecule has 0 aromatic carbocycles. The van der Waals surface area contributed by atoms with Gasteiger partial charge in [0.15, 0.2) is 0 Å². The van der Waals surface area contributed by atoms with Gasteiger partial charge in [-0.15, -0.1) is 0 Å². The van der Waals surface area contributed by atoms with Gasteiger partial charge in [0.25, 0.3) is 0 Å². The van der Waals surface area contributed by atoms with E-state index < -0.39 is 0 Å². The molecule has 5 N–H and O–H groups in total. The van der Waals surface area contributed by atoms with E-state index in [0.29, 0.717) is 12.0 Å². The molecule has 4 aliphatic heterocycles. The normalized spacial score (nSPS) is 38.2. The first-order valence-electron chi connectivity index (χ1n) is 11.5. The highest BCUT2D eigenvalue weighted by molar-refractivity contribution is 5.60. The third kappa shape index (κ3) is 4.26. The molecular formula is C22H35N7O2. The Morgan fingerprint density at radius 1 is 1.23 bits per heavy atom. The van der Waals surface area contributed by atoms with Crippen LogP contribution in [0, 0.1) is 5.92 Å². The number of methoxy groups -OCH3 is 1. The highest BCUT2D eigenvalue weighted by Crippen LogP contribution is 2.37. The molecule has 6 atom stereocenters. The summed E-state index contributed by atoms with van der Waals surface area (Å²) in [5.41, 5.74) is 10.8. The van der Waals surface area contributed by atoms with Crippen LogP contribution in [0.25, 0.3) is 0 Å². The van der Waals surface area contributed by atoms with Crippen LogP contribution in [0.5, 0.6) is 0 Å². The molecule has 0 radical (unpaired) electrons. The summed E-state index contributed by atoms with van der Waals surface area (Å²) >= 11 is 0. The zero-order chi connectivity index (χ0) is 21.4. The number of morpholine rings is 1. The standard InChI is InChI=1S/C22H35N7O2/c1-13-10-29(11-14(2)31-13)20-7-18(24-12-25-20)22-16-6-15(4-5-17(16)27-28-22)19-8-23-9-21(26-19)30-3/h7,9,12-15,19-20,22-23,26-28H,4-6,8,10-11H2,1-3H3,(H,24,25)/t13-,14+,15-,19+,20+,22+/m0/s1. The molecule has 0 bridgehead atoms. The monoisotopic (exact) mass is 429 g/mol. The predicted octanol–water partition coefficient (Wildman–Crippen LogP) is 0.474. The van der Waals surface area contributed by atoms with E-state index in [1.54, 1.807) is 7.11 Å². The first-order valence-corrected chi connectivity index (χ1v) is 11.5. The Morgan fingerprint density at radius 2 is 2.06 bits per heavy atom. The molecule has 9 nitrogen and oxygen atoms in total. The van der Waals surface area contributed by atoms with Crippen molar-refractivity contribution in [1.82, 2.24) is 31.7 Å². The lowest BCUT2D eigenvalue weighted by atomic mass is 9.79. The summed E-state index contributed by atoms with van der Waals surface area (Å²) < 4.78 is 11.3. The summed E-state index contributed by atoms with van der Waals surface area (Å²) in [6.07, 6.45) is 9.93. The van der Waals surface area contributed by atoms with E-state index >= 15 is 0 Å². The molecule has 9 heteroatoms. The van der Waals surface area contributed by atoms with Gasteiger partial charge < -0.3 is 30.8 Å². The van der Waals surface area contributed by atoms with Crippen molar-refractivity contribution in [2.45, 2.75) is 63.6 Å². The van der Waals surface area contributed by atoms with Gasteiger partial charge in [0, 0.05) is 31.4 Å². The number of nitrogens with one attached hydrogen (secondary N) is 5. The van der Waals surface area contributed by atoms with Gasteiger partial charge in [0.1, 0.15) is 6.17 Å². The highest BCUT2D eigenvalue weighted by Gasteiger charge is 2.37. The van der Waals surface area contributed by atoms with E-state index in [4.69, 9.17) is 14.5 Å². The fourth-order valence-corrected chi connectivity index (χ4v) is 5.50. The number of hydrogen-bond acceptors (Lipinski definition) is 9. The lowest BCUT2D eigenvalue weighted by molar-refractivity contribution is -0.0768. The number of aliphatic imine (C=N–C) groups is 1. The summed E-state index contributed by atoms with van der Waals surface area (Å²) in [6, 6.07) is 0.480. The van der Waals surface area contributed by atoms with Gasteiger partial charge in [0.2, 0.25) is 5.88 Å². The fourth-order valence-electron chi connectivity index (χ4n) is 5.50. The molecule has 0 aromatic rings. The molecule has 31 heavy (non-hydrogen) atoms. The zero-order valence-corrected chi connectivity index (χ0v) is 18.6. The predicted molar refractivity (Wildman–Crippen MR) is 120 cm³/mol. The fraction of sp³-hybridized carbons (Fsp3) is 0.682. The van der Waals surface area contributed by atoms with Crippen LogP contribution in [0.4, 0.5) is 0 Å². The van der Waals surface area contributed by atoms with Crippen molar-refractivity contribution >= 4 is 6.34 Å². The van der Waals surface area contributed by atoms with Crippen LogP contribution in [0.1, 0.15) is 33.1 Å². The first kappa shape index (κ1) is 20.7. The summed E-state index contributed by atoms with van der Waals surface area (Å²) in [4.78, 5) is 7.17. The minimum atomic E-state index is 0.114. The third-order valence-corrected chi connectivity index (χ3v) is 6.96. The van der Waals surface area contributed by atoms with Crippen molar-refractivity contribution in [2.24, 2.45) is 10.9 Å². The Balaban J connectivity index is 1.29. The lowest BCUT2D eigenvalue weighted by Gasteiger charge is -2.40. The number of rotatable bonds is 4. The second kappa shape index (κ2) is 8.72. The minimum Gasteiger partial charge on any atom is -0.481 e. The number of ether oxygens (including phenoxy) is 2. The van der Waals surface area contributed by atoms with Gasteiger partial charge in [-0.25, -0.2) is 10.4 Å². The minimum absolute atomic E-state index is 0.114. The highest BCUT2D eigenvalue weighted by atomic mass is 16.5. The third-order valence-electron chi connectivity index (χ3n) is 6.96. The van der Waals surface area contributed by atoms with E-state index in [2.05, 4.69) is 51.6 Å². The number of nitrogens with zero attached hydrogens (tertiary/aromatic N) is 2. The lowest BCUT2D eigenvalue weighted by Crippen LogP contribution is -2.55. The smallest absolute Gasteiger partial charge is 0.202 e. The van der Waals surface area contributed by atoms with Gasteiger partial charge in [-0.05, 0) is 50.7 Å². The van der Waals surface area contributed by atoms with Gasteiger partial charge in [-0.2, -0.15) is 0 Å². The largest absolute Gasteiger partial charge is 0.481 e. The maximum absolute atomic E-state index is 5.91. The van der Waals surface area contributed by atoms with E-state index in [1.165, 1.54) is 11.3 Å². The summed E-state index contributed by atoms with van der Waals surface area (Å²) in [5.74, 6) is 1.37. The van der Waals surface area contributed by atoms with Gasteiger partial charge >= 0.3 is 0 Å². The molecule has 4 heterocycles. The number of hydrazine groups is 1. The quantitative estimate of drug-likeness (QED) is 0.441. The number of hydrogen-bond donors (Lipinski definition) is 5. The van der Waals surface area contributed by atoms with Crippen molar-refractivity contribution in [2.75, 3.05) is 26.7 Å². The van der Waals surface area contributed by atoms with Crippen LogP contribution in [0.15, 0.2) is 40.1 Å². The van der Waals surface area contributed by atoms with Crippen molar-refractivity contribution in [3.05, 3.63) is 35.1 Å². The van der Waals surface area contributed by atoms with E-state index in [1.807, 2.05) is 12.5 Å². The molecule has 1 saturated heterocycles. The molecule has 170 valence electrons. The van der Waals surface area contributed by atoms with Crippen LogP contribution >= 0.6 is 0 Å². The molecule has 1 fully saturated rings. The van der Waals surface area contributed by atoms with E-state index in [-0.39, 0.29) is 24.4 Å². The summed E-state index contributed by atoms with van der Waals surface area (Å²) in [6.45, 7) is 7.05. The van der Waals surface area contributed by atoms with Crippen molar-refractivity contribution < 1.29 is 9.47 Å². The SMILES string of the molecule is COC1=CNC[C@H]([C@H]2CCC3=C(C2)[C@H](C2=C[C@@H](N4C[C@@H](C)O[C@@H](C)C4)NC=N2)NN3)N1. The molecule has 0 spiro atoms. The molecule has 5 aliphatic rings. The van der Waals surface area contributed by atoms with E-state index in [0.717, 1.165) is 50.5 Å². The van der Waals surface area contributed by atoms with Crippen LogP contribution in [0.3, 0.4) is 0 Å². The maximum Gasteiger partial charge on any atom is 0.202 e. The molecule has 0 amide bonds. The van der Waals surface area contributed by atoms with Gasteiger partial charge in [0.05, 0.1) is 43.6 Å². The topological polar surface area (TPSA) is 94.2 Å². The van der Waals surface area contributed by atoms with Crippen LogP contribution in [-0.2, 0) is 9.47 Å². The second-order valence-corrected chi connectivity index (χ2v) is 9.25. The Hall–Kier alpha value is -2.23. The van der Waals surface area contributed by atoms with E-state index in [9.17, 15) is 0 Å². The Morgan fingerprint density at radius 3 is 2.87 bits per heavy atom. The Bertz CT molecular complexity index is 798. The van der Waals surface area contributed by atoms with Crippen molar-refractivity contribution in [1.29, 1.82) is 0 Å². The average molecular weight is 430 g/mol. The molecule has 0 aromatic heterocycles. The molecule has 0 unspecified atom stereocenters. The Kier molecular flexibility index (Phi) is 5.81. The molecule has 0 saturated carbocycles. The zero-order valence-electron chi connectivity index (χ0n) is 18.6. The average Bonchev–Trinajstić information content (AvgIpc) is 3.22. The molecular weight excluding hydrogens is 394 g/mol. The van der Waals surface area contributed by atoms with Crippen LogP contribution in [-0.4, -0.2) is 68.4 Å². The summed E-state index contributed by atoms with van der Waals surface area (Å²) in [5, 5.41) is 10.3. The van der Waals surface area contributed by atoms with Gasteiger partial charge in [-0.1, -0.05) is 0 Å². The summed E-state index contributed by atoms with van der Waals surface area (Å²) in [7, 11) is 1.71. The van der Waals surface area contributed by atoms with Gasteiger partial charge in [-0.3, -0.25) is 4.90 Å². The van der Waals surface area contributed by atoms with Crippen LogP contribution < -0.4 is 26.8 Å². The maximum atomic E-state index is 5.91. The molecule has 1 aliphatic carbocycles. The first-order chi connectivity index (χ1) is 15.1. The van der Waals surface area contributed by atoms with Crippen LogP contribution in [0.2, 0.25) is 0 Å². The van der Waals surface area contributed by atoms with Crippen molar-refractivity contribution in [3.63, 3.8) is 0 Å². The Labute approximate surface area is 184 Å². The molecule has 5 rings (SSSR count). The van der Waals surface area contributed by atoms with Crippen molar-refractivity contribution in [3.8, 4) is 0 Å². The second-order valence-electron chi connectivity index (χ2n) is 9.25.